The van der Waals surface area contributed by atoms with Crippen LogP contribution in [-0.2, 0) is 19.1 Å². The average molecular weight is 228 g/mol. The molecule has 0 aromatic rings. The third kappa shape index (κ3) is 4.21. The molecule has 16 heavy (non-hydrogen) atoms. The summed E-state index contributed by atoms with van der Waals surface area (Å²) in [5, 5.41) is 0. The van der Waals surface area contributed by atoms with Gasteiger partial charge in [0.25, 0.3) is 0 Å². The lowest BCUT2D eigenvalue weighted by Gasteiger charge is -2.35. The van der Waals surface area contributed by atoms with Crippen LogP contribution in [0.3, 0.4) is 0 Å². The van der Waals surface area contributed by atoms with Crippen molar-refractivity contribution in [3.63, 3.8) is 0 Å². The maximum Gasteiger partial charge on any atom is 0.305 e. The fourth-order valence-electron chi connectivity index (χ4n) is 2.19. The van der Waals surface area contributed by atoms with Gasteiger partial charge in [-0.2, -0.15) is 0 Å². The van der Waals surface area contributed by atoms with E-state index in [1.165, 1.54) is 14.2 Å². The molecule has 0 amide bonds. The van der Waals surface area contributed by atoms with E-state index in [2.05, 4.69) is 9.47 Å². The van der Waals surface area contributed by atoms with E-state index in [0.29, 0.717) is 24.7 Å². The third-order valence-corrected chi connectivity index (χ3v) is 3.30. The summed E-state index contributed by atoms with van der Waals surface area (Å²) < 4.78 is 9.18. The first-order valence-corrected chi connectivity index (χ1v) is 5.79. The SMILES string of the molecule is COC(=O)CCC1CC(CCC(=O)OC)C1. The highest BCUT2D eigenvalue weighted by molar-refractivity contribution is 5.69. The third-order valence-electron chi connectivity index (χ3n) is 3.30. The number of carbonyl (C=O) groups is 2. The molecule has 0 saturated heterocycles. The largest absolute Gasteiger partial charge is 0.469 e. The van der Waals surface area contributed by atoms with Crippen LogP contribution in [0.2, 0.25) is 0 Å². The Labute approximate surface area is 96.3 Å². The molecule has 0 aromatic carbocycles. The van der Waals surface area contributed by atoms with Crippen LogP contribution >= 0.6 is 0 Å². The van der Waals surface area contributed by atoms with E-state index in [1.807, 2.05) is 0 Å². The quantitative estimate of drug-likeness (QED) is 0.652. The van der Waals surface area contributed by atoms with Crippen LogP contribution in [0.15, 0.2) is 0 Å². The Morgan fingerprint density at radius 2 is 1.31 bits per heavy atom. The molecule has 0 spiro atoms. The molecule has 92 valence electrons. The zero-order chi connectivity index (χ0) is 12.0. The van der Waals surface area contributed by atoms with Crippen molar-refractivity contribution >= 4 is 11.9 Å². The molecule has 1 rings (SSSR count). The summed E-state index contributed by atoms with van der Waals surface area (Å²) in [6.45, 7) is 0. The van der Waals surface area contributed by atoms with Crippen LogP contribution in [0, 0.1) is 11.8 Å². The van der Waals surface area contributed by atoms with E-state index in [4.69, 9.17) is 0 Å². The summed E-state index contributed by atoms with van der Waals surface area (Å²) in [7, 11) is 2.84. The Balaban J connectivity index is 2.00. The molecule has 0 unspecified atom stereocenters. The zero-order valence-electron chi connectivity index (χ0n) is 10.0. The van der Waals surface area contributed by atoms with Crippen molar-refractivity contribution in [1.82, 2.24) is 0 Å². The topological polar surface area (TPSA) is 52.6 Å². The molecule has 0 radical (unpaired) electrons. The van der Waals surface area contributed by atoms with Gasteiger partial charge in [0.2, 0.25) is 0 Å². The molecule has 0 heterocycles. The van der Waals surface area contributed by atoms with E-state index in [1.54, 1.807) is 0 Å². The standard InChI is InChI=1S/C12H20O4/c1-15-11(13)5-3-9-7-10(8-9)4-6-12(14)16-2/h9-10H,3-8H2,1-2H3. The molecule has 1 fully saturated rings. The number of hydrogen-bond acceptors (Lipinski definition) is 4. The van der Waals surface area contributed by atoms with E-state index in [0.717, 1.165) is 25.7 Å². The maximum absolute atomic E-state index is 10.9. The molecule has 4 heteroatoms. The number of carbonyl (C=O) groups excluding carboxylic acids is 2. The lowest BCUT2D eigenvalue weighted by molar-refractivity contribution is -0.141. The van der Waals surface area contributed by atoms with Gasteiger partial charge < -0.3 is 9.47 Å². The van der Waals surface area contributed by atoms with Gasteiger partial charge in [-0.05, 0) is 37.5 Å². The summed E-state index contributed by atoms with van der Waals surface area (Å²) in [5.41, 5.74) is 0. The second-order valence-electron chi connectivity index (χ2n) is 4.43. The molecule has 0 aromatic heterocycles. The Bertz CT molecular complexity index is 219. The number of rotatable bonds is 6. The van der Waals surface area contributed by atoms with Crippen molar-refractivity contribution in [3.05, 3.63) is 0 Å². The molecule has 0 atom stereocenters. The molecular weight excluding hydrogens is 208 g/mol. The first kappa shape index (κ1) is 13.0. The van der Waals surface area contributed by atoms with E-state index in [9.17, 15) is 9.59 Å². The molecule has 0 aliphatic heterocycles. The zero-order valence-corrected chi connectivity index (χ0v) is 10.0. The average Bonchev–Trinajstić information content (AvgIpc) is 2.25. The van der Waals surface area contributed by atoms with Crippen LogP contribution in [0.4, 0.5) is 0 Å². The van der Waals surface area contributed by atoms with Crippen LogP contribution in [0.25, 0.3) is 0 Å². The van der Waals surface area contributed by atoms with Gasteiger partial charge in [0, 0.05) is 12.8 Å². The van der Waals surface area contributed by atoms with Crippen LogP contribution in [-0.4, -0.2) is 26.2 Å². The van der Waals surface area contributed by atoms with Gasteiger partial charge in [-0.25, -0.2) is 0 Å². The van der Waals surface area contributed by atoms with Crippen molar-refractivity contribution in [3.8, 4) is 0 Å². The van der Waals surface area contributed by atoms with Crippen LogP contribution in [0.1, 0.15) is 38.5 Å². The van der Waals surface area contributed by atoms with Crippen molar-refractivity contribution in [2.75, 3.05) is 14.2 Å². The molecule has 1 aliphatic rings. The van der Waals surface area contributed by atoms with Crippen LogP contribution in [0.5, 0.6) is 0 Å². The Morgan fingerprint density at radius 1 is 0.938 bits per heavy atom. The van der Waals surface area contributed by atoms with Gasteiger partial charge >= 0.3 is 11.9 Å². The summed E-state index contributed by atoms with van der Waals surface area (Å²) in [4.78, 5) is 21.8. The predicted molar refractivity (Wildman–Crippen MR) is 58.7 cm³/mol. The highest BCUT2D eigenvalue weighted by atomic mass is 16.5. The molecule has 0 N–H and O–H groups in total. The number of methoxy groups -OCH3 is 2. The van der Waals surface area contributed by atoms with Crippen molar-refractivity contribution in [2.45, 2.75) is 38.5 Å². The van der Waals surface area contributed by atoms with E-state index in [-0.39, 0.29) is 11.9 Å². The second kappa shape index (κ2) is 6.51. The smallest absolute Gasteiger partial charge is 0.305 e. The highest BCUT2D eigenvalue weighted by Crippen LogP contribution is 2.39. The Morgan fingerprint density at radius 3 is 1.62 bits per heavy atom. The van der Waals surface area contributed by atoms with Gasteiger partial charge in [0.05, 0.1) is 14.2 Å². The van der Waals surface area contributed by atoms with Crippen molar-refractivity contribution in [2.24, 2.45) is 11.8 Å². The van der Waals surface area contributed by atoms with Crippen molar-refractivity contribution < 1.29 is 19.1 Å². The Hall–Kier alpha value is -1.06. The fraction of sp³-hybridized carbons (Fsp3) is 0.833. The molecule has 1 saturated carbocycles. The minimum atomic E-state index is -0.127. The fourth-order valence-corrected chi connectivity index (χ4v) is 2.19. The normalized spacial score (nSPS) is 23.4. The minimum absolute atomic E-state index is 0.127. The molecule has 1 aliphatic carbocycles. The molecular formula is C12H20O4. The molecule has 0 bridgehead atoms. The monoisotopic (exact) mass is 228 g/mol. The van der Waals surface area contributed by atoms with Crippen LogP contribution < -0.4 is 0 Å². The first-order chi connectivity index (χ1) is 7.65. The number of ether oxygens (including phenoxy) is 2. The van der Waals surface area contributed by atoms with Gasteiger partial charge in [0.1, 0.15) is 0 Å². The van der Waals surface area contributed by atoms with Gasteiger partial charge in [-0.1, -0.05) is 0 Å². The lowest BCUT2D eigenvalue weighted by Crippen LogP contribution is -2.25. The van der Waals surface area contributed by atoms with E-state index >= 15 is 0 Å². The van der Waals surface area contributed by atoms with Gasteiger partial charge in [-0.3, -0.25) is 9.59 Å². The number of esters is 2. The number of hydrogen-bond donors (Lipinski definition) is 0. The summed E-state index contributed by atoms with van der Waals surface area (Å²) >= 11 is 0. The highest BCUT2D eigenvalue weighted by Gasteiger charge is 2.29. The summed E-state index contributed by atoms with van der Waals surface area (Å²) in [5.74, 6) is 1.03. The lowest BCUT2D eigenvalue weighted by atomic mass is 9.71. The van der Waals surface area contributed by atoms with Crippen molar-refractivity contribution in [1.29, 1.82) is 0 Å². The second-order valence-corrected chi connectivity index (χ2v) is 4.43. The maximum atomic E-state index is 10.9. The Kier molecular flexibility index (Phi) is 5.29. The summed E-state index contributed by atoms with van der Waals surface area (Å²) in [6, 6.07) is 0. The van der Waals surface area contributed by atoms with E-state index < -0.39 is 0 Å². The first-order valence-electron chi connectivity index (χ1n) is 5.79. The predicted octanol–water partition coefficient (Wildman–Crippen LogP) is 1.92. The molecule has 4 nitrogen and oxygen atoms in total. The summed E-state index contributed by atoms with van der Waals surface area (Å²) in [6.07, 6.45) is 5.14. The van der Waals surface area contributed by atoms with Gasteiger partial charge in [-0.15, -0.1) is 0 Å². The minimum Gasteiger partial charge on any atom is -0.469 e. The van der Waals surface area contributed by atoms with Gasteiger partial charge in [0.15, 0.2) is 0 Å².